The van der Waals surface area contributed by atoms with Crippen molar-refractivity contribution in [1.82, 2.24) is 0 Å². The van der Waals surface area contributed by atoms with Gasteiger partial charge in [0.05, 0.1) is 9.95 Å². The van der Waals surface area contributed by atoms with E-state index in [9.17, 15) is 14.5 Å². The van der Waals surface area contributed by atoms with E-state index in [1.165, 1.54) is 12.1 Å². The number of halogens is 2. The maximum atomic E-state index is 13.3. The fourth-order valence-electron chi connectivity index (χ4n) is 1.41. The Balaban J connectivity index is 2.41. The average molecular weight is 283 g/mol. The van der Waals surface area contributed by atoms with Gasteiger partial charge in [-0.05, 0) is 24.3 Å². The normalized spacial score (nSPS) is 10.2. The van der Waals surface area contributed by atoms with E-state index in [1.807, 2.05) is 0 Å². The van der Waals surface area contributed by atoms with Gasteiger partial charge in [0.25, 0.3) is 0 Å². The summed E-state index contributed by atoms with van der Waals surface area (Å²) in [5.74, 6) is -0.714. The van der Waals surface area contributed by atoms with Gasteiger partial charge in [0.2, 0.25) is 5.75 Å². The molecule has 0 heterocycles. The number of nitro groups is 1. The molecule has 0 aliphatic carbocycles. The third-order valence-electron chi connectivity index (χ3n) is 2.31. The fraction of sp³-hybridized carbons (Fsp3) is 0. The van der Waals surface area contributed by atoms with Gasteiger partial charge in [-0.15, -0.1) is 0 Å². The van der Waals surface area contributed by atoms with Crippen molar-refractivity contribution < 1.29 is 14.1 Å². The highest BCUT2D eigenvalue weighted by molar-refractivity contribution is 6.31. The minimum absolute atomic E-state index is 0.225. The predicted molar refractivity (Wildman–Crippen MR) is 69.0 cm³/mol. The second-order valence-electron chi connectivity index (χ2n) is 3.66. The van der Waals surface area contributed by atoms with Gasteiger partial charge in [-0.25, -0.2) is 4.39 Å². The number of hydrogen-bond donors (Lipinski definition) is 1. The maximum absolute atomic E-state index is 13.3. The van der Waals surface area contributed by atoms with Crippen LogP contribution in [0.5, 0.6) is 11.5 Å². The van der Waals surface area contributed by atoms with E-state index in [0.29, 0.717) is 11.4 Å². The number of benzene rings is 2. The van der Waals surface area contributed by atoms with Gasteiger partial charge in [0, 0.05) is 17.8 Å². The second-order valence-corrected chi connectivity index (χ2v) is 4.07. The highest BCUT2D eigenvalue weighted by Crippen LogP contribution is 2.35. The maximum Gasteiger partial charge on any atom is 0.313 e. The molecule has 0 amide bonds. The van der Waals surface area contributed by atoms with E-state index in [2.05, 4.69) is 0 Å². The van der Waals surface area contributed by atoms with Crippen LogP contribution >= 0.6 is 11.6 Å². The Kier molecular flexibility index (Phi) is 3.52. The Labute approximate surface area is 112 Å². The van der Waals surface area contributed by atoms with Gasteiger partial charge in [0.15, 0.2) is 0 Å². The van der Waals surface area contributed by atoms with Gasteiger partial charge in [0.1, 0.15) is 11.6 Å². The molecule has 0 spiro atoms. The van der Waals surface area contributed by atoms with Crippen molar-refractivity contribution in [2.45, 2.75) is 0 Å². The molecule has 0 saturated carbocycles. The van der Waals surface area contributed by atoms with Crippen LogP contribution in [0.15, 0.2) is 36.4 Å². The molecule has 0 aromatic heterocycles. The molecule has 98 valence electrons. The van der Waals surface area contributed by atoms with Gasteiger partial charge in [-0.1, -0.05) is 11.6 Å². The van der Waals surface area contributed by atoms with Crippen LogP contribution in [0.3, 0.4) is 0 Å². The summed E-state index contributed by atoms with van der Waals surface area (Å²) in [5, 5.41) is 10.5. The molecule has 7 heteroatoms. The number of nitrogens with two attached hydrogens (primary N) is 1. The number of nitro benzene ring substituents is 1. The lowest BCUT2D eigenvalue weighted by atomic mass is 10.2. The Morgan fingerprint density at radius 3 is 2.47 bits per heavy atom. The van der Waals surface area contributed by atoms with Gasteiger partial charge in [-0.2, -0.15) is 0 Å². The Morgan fingerprint density at radius 1 is 1.26 bits per heavy atom. The quantitative estimate of drug-likeness (QED) is 0.528. The molecule has 0 radical (unpaired) electrons. The summed E-state index contributed by atoms with van der Waals surface area (Å²) in [6.45, 7) is 0. The first-order valence-corrected chi connectivity index (χ1v) is 5.52. The largest absolute Gasteiger partial charge is 0.450 e. The summed E-state index contributed by atoms with van der Waals surface area (Å²) in [6.07, 6.45) is 0. The monoisotopic (exact) mass is 282 g/mol. The Hall–Kier alpha value is -2.34. The molecular formula is C12H8ClFN2O3. The molecule has 0 atom stereocenters. The van der Waals surface area contributed by atoms with Crippen LogP contribution in [-0.4, -0.2) is 4.92 Å². The van der Waals surface area contributed by atoms with Gasteiger partial charge >= 0.3 is 5.69 Å². The first-order valence-electron chi connectivity index (χ1n) is 5.14. The topological polar surface area (TPSA) is 78.4 Å². The lowest BCUT2D eigenvalue weighted by Gasteiger charge is -2.07. The Morgan fingerprint density at radius 2 is 1.89 bits per heavy atom. The van der Waals surface area contributed by atoms with Crippen molar-refractivity contribution >= 4 is 23.0 Å². The van der Waals surface area contributed by atoms with Crippen molar-refractivity contribution in [1.29, 1.82) is 0 Å². The van der Waals surface area contributed by atoms with Crippen LogP contribution in [-0.2, 0) is 0 Å². The number of nitrogen functional groups attached to an aromatic ring is 1. The summed E-state index contributed by atoms with van der Waals surface area (Å²) in [4.78, 5) is 10.2. The molecule has 19 heavy (non-hydrogen) atoms. The summed E-state index contributed by atoms with van der Waals surface area (Å²) >= 11 is 5.50. The number of ether oxygens (including phenoxy) is 1. The second kappa shape index (κ2) is 5.11. The smallest absolute Gasteiger partial charge is 0.313 e. The van der Waals surface area contributed by atoms with E-state index >= 15 is 0 Å². The lowest BCUT2D eigenvalue weighted by Crippen LogP contribution is -1.95. The molecule has 2 aromatic rings. The molecule has 0 aliphatic rings. The molecular weight excluding hydrogens is 275 g/mol. The van der Waals surface area contributed by atoms with Crippen LogP contribution in [0.4, 0.5) is 15.8 Å². The lowest BCUT2D eigenvalue weighted by molar-refractivity contribution is -0.385. The van der Waals surface area contributed by atoms with Gasteiger partial charge in [-0.3, -0.25) is 10.1 Å². The van der Waals surface area contributed by atoms with Crippen molar-refractivity contribution in [3.05, 3.63) is 57.4 Å². The predicted octanol–water partition coefficient (Wildman–Crippen LogP) is 3.76. The number of nitrogens with zero attached hydrogens (tertiary/aromatic N) is 1. The zero-order valence-electron chi connectivity index (χ0n) is 9.47. The molecule has 0 saturated heterocycles. The summed E-state index contributed by atoms with van der Waals surface area (Å²) in [7, 11) is 0. The third kappa shape index (κ3) is 2.92. The zero-order valence-corrected chi connectivity index (χ0v) is 10.2. The summed E-state index contributed by atoms with van der Waals surface area (Å²) in [5.41, 5.74) is 5.60. The molecule has 2 rings (SSSR count). The van der Waals surface area contributed by atoms with E-state index in [-0.39, 0.29) is 10.8 Å². The van der Waals surface area contributed by atoms with Crippen LogP contribution in [0.1, 0.15) is 0 Å². The molecule has 2 aromatic carbocycles. The average Bonchev–Trinajstić information content (AvgIpc) is 2.36. The molecule has 0 fully saturated rings. The molecule has 0 unspecified atom stereocenters. The van der Waals surface area contributed by atoms with Gasteiger partial charge < -0.3 is 10.5 Å². The van der Waals surface area contributed by atoms with E-state index in [4.69, 9.17) is 22.1 Å². The third-order valence-corrected chi connectivity index (χ3v) is 2.60. The van der Waals surface area contributed by atoms with Crippen LogP contribution in [0.25, 0.3) is 0 Å². The molecule has 2 N–H and O–H groups in total. The highest BCUT2D eigenvalue weighted by atomic mass is 35.5. The molecule has 5 nitrogen and oxygen atoms in total. The fourth-order valence-corrected chi connectivity index (χ4v) is 1.56. The highest BCUT2D eigenvalue weighted by Gasteiger charge is 2.19. The van der Waals surface area contributed by atoms with Crippen molar-refractivity contribution in [2.75, 3.05) is 5.73 Å². The molecule has 0 aliphatic heterocycles. The Bertz CT molecular complexity index is 632. The SMILES string of the molecule is Nc1ccc(Oc2cc(F)c(Cl)cc2[N+](=O)[O-])cc1. The zero-order chi connectivity index (χ0) is 14.0. The summed E-state index contributed by atoms with van der Waals surface area (Å²) < 4.78 is 18.6. The van der Waals surface area contributed by atoms with Crippen molar-refractivity contribution in [3.8, 4) is 11.5 Å². The molecule has 0 bridgehead atoms. The van der Waals surface area contributed by atoms with Crippen LogP contribution in [0, 0.1) is 15.9 Å². The standard InChI is InChI=1S/C12H8ClFN2O3/c13-9-5-11(16(17)18)12(6-10(9)14)19-8-3-1-7(15)2-4-8/h1-6H,15H2. The van der Waals surface area contributed by atoms with E-state index < -0.39 is 16.4 Å². The minimum atomic E-state index is -0.794. The van der Waals surface area contributed by atoms with Crippen molar-refractivity contribution in [2.24, 2.45) is 0 Å². The first kappa shape index (κ1) is 13.1. The number of anilines is 1. The van der Waals surface area contributed by atoms with Crippen LogP contribution in [0.2, 0.25) is 5.02 Å². The number of hydrogen-bond acceptors (Lipinski definition) is 4. The van der Waals surface area contributed by atoms with Crippen LogP contribution < -0.4 is 10.5 Å². The minimum Gasteiger partial charge on any atom is -0.450 e. The van der Waals surface area contributed by atoms with Crippen molar-refractivity contribution in [3.63, 3.8) is 0 Å². The first-order chi connectivity index (χ1) is 8.97. The van der Waals surface area contributed by atoms with E-state index in [1.54, 1.807) is 12.1 Å². The number of rotatable bonds is 3. The summed E-state index contributed by atoms with van der Waals surface area (Å²) in [6, 6.07) is 7.94. The van der Waals surface area contributed by atoms with E-state index in [0.717, 1.165) is 12.1 Å².